The Hall–Kier alpha value is -2.68. The second-order valence-electron chi connectivity index (χ2n) is 7.79. The molecule has 3 aromatic heterocycles. The van der Waals surface area contributed by atoms with E-state index in [0.717, 1.165) is 12.5 Å². The molecule has 1 aliphatic rings. The molecule has 1 unspecified atom stereocenters. The van der Waals surface area contributed by atoms with Gasteiger partial charge in [-0.1, -0.05) is 0 Å². The molecule has 3 aromatic rings. The first kappa shape index (κ1) is 18.7. The van der Waals surface area contributed by atoms with E-state index in [1.54, 1.807) is 18.3 Å². The summed E-state index contributed by atoms with van der Waals surface area (Å²) in [5.41, 5.74) is 5.45. The lowest BCUT2D eigenvalue weighted by Crippen LogP contribution is -2.42. The number of hydrogen-bond donors (Lipinski definition) is 2. The first-order valence-corrected chi connectivity index (χ1v) is 9.06. The smallest absolute Gasteiger partial charge is 0.356 e. The van der Waals surface area contributed by atoms with Crippen LogP contribution in [0, 0.1) is 5.92 Å². The lowest BCUT2D eigenvalue weighted by Gasteiger charge is -2.27. The number of pyridine rings is 2. The van der Waals surface area contributed by atoms with E-state index >= 15 is 0 Å². The van der Waals surface area contributed by atoms with Crippen LogP contribution in [0.2, 0.25) is 0 Å². The zero-order valence-electron chi connectivity index (χ0n) is 15.6. The summed E-state index contributed by atoms with van der Waals surface area (Å²) in [7, 11) is 0. The van der Waals surface area contributed by atoms with E-state index in [1.807, 2.05) is 18.7 Å². The molecular weight excluding hydrogens is 369 g/mol. The fourth-order valence-corrected chi connectivity index (χ4v) is 3.65. The van der Waals surface area contributed by atoms with Crippen molar-refractivity contribution in [1.82, 2.24) is 20.2 Å². The number of aromatic amines is 1. The van der Waals surface area contributed by atoms with Crippen molar-refractivity contribution in [2.45, 2.75) is 32.0 Å². The number of nitrogens with one attached hydrogen (secondary N) is 1. The summed E-state index contributed by atoms with van der Waals surface area (Å²) in [5, 5.41) is 7.20. The van der Waals surface area contributed by atoms with Gasteiger partial charge in [0.05, 0.1) is 11.3 Å². The quantitative estimate of drug-likeness (QED) is 0.707. The summed E-state index contributed by atoms with van der Waals surface area (Å²) in [5.74, 6) is 0.749. The molecule has 9 heteroatoms. The molecule has 0 saturated carbocycles. The fraction of sp³-hybridized carbons (Fsp3) is 0.421. The maximum atomic E-state index is 13.6. The van der Waals surface area contributed by atoms with Crippen LogP contribution >= 0.6 is 0 Å². The largest absolute Gasteiger partial charge is 0.418 e. The number of aromatic nitrogens is 4. The number of fused-ring (bicyclic) bond motifs is 1. The summed E-state index contributed by atoms with van der Waals surface area (Å²) in [6.07, 6.45) is -2.12. The third kappa shape index (κ3) is 3.30. The van der Waals surface area contributed by atoms with Gasteiger partial charge >= 0.3 is 6.18 Å². The molecule has 0 spiro atoms. The van der Waals surface area contributed by atoms with Gasteiger partial charge in [0.2, 0.25) is 0 Å². The van der Waals surface area contributed by atoms with Gasteiger partial charge in [0.25, 0.3) is 0 Å². The van der Waals surface area contributed by atoms with Gasteiger partial charge < -0.3 is 10.6 Å². The lowest BCUT2D eigenvalue weighted by atomic mass is 9.88. The highest BCUT2D eigenvalue weighted by Gasteiger charge is 2.37. The second-order valence-corrected chi connectivity index (χ2v) is 7.79. The summed E-state index contributed by atoms with van der Waals surface area (Å²) < 4.78 is 40.9. The van der Waals surface area contributed by atoms with E-state index in [2.05, 4.69) is 20.2 Å². The molecule has 1 atom stereocenters. The molecule has 4 rings (SSSR count). The SMILES string of the molecule is CC(C)(N)C1CCN(c2ccc(C(F)(F)F)c(-c3[nH]nc4ncccc34)n2)C1.[HH]. The van der Waals surface area contributed by atoms with Crippen molar-refractivity contribution < 1.29 is 14.6 Å². The van der Waals surface area contributed by atoms with E-state index in [9.17, 15) is 13.2 Å². The Balaban J connectivity index is 0.00000240. The maximum Gasteiger partial charge on any atom is 0.418 e. The zero-order valence-corrected chi connectivity index (χ0v) is 15.6. The van der Waals surface area contributed by atoms with Crippen LogP contribution in [0.25, 0.3) is 22.4 Å². The molecule has 1 fully saturated rings. The Bertz CT molecular complexity index is 1010. The van der Waals surface area contributed by atoms with Crippen LogP contribution in [0.4, 0.5) is 19.0 Å². The molecule has 3 N–H and O–H groups in total. The summed E-state index contributed by atoms with van der Waals surface area (Å²) >= 11 is 0. The molecule has 0 bridgehead atoms. The molecule has 0 amide bonds. The maximum absolute atomic E-state index is 13.6. The lowest BCUT2D eigenvalue weighted by molar-refractivity contribution is -0.137. The van der Waals surface area contributed by atoms with Crippen LogP contribution < -0.4 is 10.6 Å². The number of H-pyrrole nitrogens is 1. The molecule has 0 aromatic carbocycles. The van der Waals surface area contributed by atoms with Gasteiger partial charge in [0, 0.05) is 31.6 Å². The van der Waals surface area contributed by atoms with E-state index < -0.39 is 11.7 Å². The first-order valence-electron chi connectivity index (χ1n) is 9.06. The topological polar surface area (TPSA) is 83.7 Å². The minimum Gasteiger partial charge on any atom is -0.356 e. The Morgan fingerprint density at radius 2 is 2.04 bits per heavy atom. The Labute approximate surface area is 161 Å². The van der Waals surface area contributed by atoms with Crippen LogP contribution in [0.15, 0.2) is 30.5 Å². The number of halogens is 3. The highest BCUT2D eigenvalue weighted by atomic mass is 19.4. The van der Waals surface area contributed by atoms with Gasteiger partial charge in [-0.3, -0.25) is 5.10 Å². The van der Waals surface area contributed by atoms with Crippen LogP contribution in [0.3, 0.4) is 0 Å². The number of hydrogen-bond acceptors (Lipinski definition) is 5. The third-order valence-corrected chi connectivity index (χ3v) is 5.32. The normalized spacial score (nSPS) is 18.2. The number of nitrogens with zero attached hydrogens (tertiary/aromatic N) is 4. The third-order valence-electron chi connectivity index (χ3n) is 5.32. The van der Waals surface area contributed by atoms with Crippen molar-refractivity contribution in [3.05, 3.63) is 36.0 Å². The minimum absolute atomic E-state index is 0. The van der Waals surface area contributed by atoms with Crippen molar-refractivity contribution in [3.63, 3.8) is 0 Å². The standard InChI is InChI=1S/C19H21F3N6.H2/c1-18(2,23)11-7-9-28(10-11)14-6-5-13(19(20,21)22)16(25-14)15-12-4-3-8-24-17(12)27-26-15;/h3-6,8,11H,7,9-10,23H2,1-2H3,(H,24,26,27);1H. The molecule has 1 aliphatic heterocycles. The average Bonchev–Trinajstić information content (AvgIpc) is 3.27. The fourth-order valence-electron chi connectivity index (χ4n) is 3.65. The number of alkyl halides is 3. The Morgan fingerprint density at radius 1 is 1.25 bits per heavy atom. The predicted molar refractivity (Wildman–Crippen MR) is 103 cm³/mol. The Kier molecular flexibility index (Phi) is 4.29. The molecule has 1 saturated heterocycles. The van der Waals surface area contributed by atoms with E-state index in [1.165, 1.54) is 6.07 Å². The van der Waals surface area contributed by atoms with Gasteiger partial charge in [-0.2, -0.15) is 18.3 Å². The van der Waals surface area contributed by atoms with Gasteiger partial charge in [-0.25, -0.2) is 9.97 Å². The highest BCUT2D eigenvalue weighted by Crippen LogP contribution is 2.39. The molecule has 6 nitrogen and oxygen atoms in total. The van der Waals surface area contributed by atoms with Crippen molar-refractivity contribution in [2.24, 2.45) is 11.7 Å². The summed E-state index contributed by atoms with van der Waals surface area (Å²) in [6, 6.07) is 5.85. The molecule has 0 aliphatic carbocycles. The van der Waals surface area contributed by atoms with Crippen LogP contribution in [0.1, 0.15) is 27.3 Å². The van der Waals surface area contributed by atoms with Crippen molar-refractivity contribution in [3.8, 4) is 11.4 Å². The van der Waals surface area contributed by atoms with Crippen molar-refractivity contribution in [1.29, 1.82) is 0 Å². The molecule has 0 radical (unpaired) electrons. The molecular formula is C19H23F3N6. The first-order chi connectivity index (χ1) is 13.1. The van der Waals surface area contributed by atoms with Gasteiger partial charge in [-0.05, 0) is 50.5 Å². The number of anilines is 1. The van der Waals surface area contributed by atoms with Gasteiger partial charge in [0.1, 0.15) is 11.5 Å². The Morgan fingerprint density at radius 3 is 2.71 bits per heavy atom. The number of nitrogens with two attached hydrogens (primary N) is 1. The average molecular weight is 392 g/mol. The number of rotatable bonds is 3. The summed E-state index contributed by atoms with van der Waals surface area (Å²) in [6.45, 7) is 5.30. The van der Waals surface area contributed by atoms with Gasteiger partial charge in [0.15, 0.2) is 5.65 Å². The van der Waals surface area contributed by atoms with Crippen molar-refractivity contribution >= 4 is 16.9 Å². The highest BCUT2D eigenvalue weighted by molar-refractivity contribution is 5.90. The van der Waals surface area contributed by atoms with Crippen LogP contribution in [-0.2, 0) is 6.18 Å². The van der Waals surface area contributed by atoms with E-state index in [4.69, 9.17) is 5.73 Å². The summed E-state index contributed by atoms with van der Waals surface area (Å²) in [4.78, 5) is 10.5. The monoisotopic (exact) mass is 392 g/mol. The zero-order chi connectivity index (χ0) is 20.1. The van der Waals surface area contributed by atoms with E-state index in [0.29, 0.717) is 29.9 Å². The second kappa shape index (κ2) is 6.44. The van der Waals surface area contributed by atoms with Crippen molar-refractivity contribution in [2.75, 3.05) is 18.0 Å². The van der Waals surface area contributed by atoms with E-state index in [-0.39, 0.29) is 24.3 Å². The van der Waals surface area contributed by atoms with Crippen LogP contribution in [0.5, 0.6) is 0 Å². The van der Waals surface area contributed by atoms with Gasteiger partial charge in [-0.15, -0.1) is 0 Å². The predicted octanol–water partition coefficient (Wildman–Crippen LogP) is 3.85. The molecule has 150 valence electrons. The molecule has 4 heterocycles. The molecule has 28 heavy (non-hydrogen) atoms. The minimum atomic E-state index is -4.53. The van der Waals surface area contributed by atoms with Crippen LogP contribution in [-0.4, -0.2) is 38.8 Å².